The summed E-state index contributed by atoms with van der Waals surface area (Å²) in [6, 6.07) is 5.09. The maximum Gasteiger partial charge on any atom is 0.277 e. The van der Waals surface area contributed by atoms with Crippen LogP contribution in [-0.4, -0.2) is 58.7 Å². The van der Waals surface area contributed by atoms with Crippen molar-refractivity contribution >= 4 is 21.1 Å². The number of nitrogens with zero attached hydrogens (tertiary/aromatic N) is 4. The molecule has 0 radical (unpaired) electrons. The lowest BCUT2D eigenvalue weighted by atomic mass is 10.0. The highest BCUT2D eigenvalue weighted by Gasteiger charge is 2.27. The molecule has 10 heteroatoms. The largest absolute Gasteiger partial charge is 0.314 e. The smallest absolute Gasteiger partial charge is 0.277 e. The van der Waals surface area contributed by atoms with Gasteiger partial charge in [-0.25, -0.2) is 13.4 Å². The lowest BCUT2D eigenvalue weighted by molar-refractivity contribution is 0.360. The second-order valence-corrected chi connectivity index (χ2v) is 9.70. The fourth-order valence-electron chi connectivity index (χ4n) is 4.06. The zero-order valence-corrected chi connectivity index (χ0v) is 18.9. The van der Waals surface area contributed by atoms with Gasteiger partial charge in [-0.3, -0.25) is 9.48 Å². The number of H-pyrrole nitrogens is 1. The van der Waals surface area contributed by atoms with Crippen molar-refractivity contribution in [1.29, 1.82) is 0 Å². The molecule has 2 aromatic heterocycles. The molecule has 9 nitrogen and oxygen atoms in total. The summed E-state index contributed by atoms with van der Waals surface area (Å²) in [5.41, 5.74) is 3.03. The van der Waals surface area contributed by atoms with Crippen molar-refractivity contribution < 1.29 is 8.42 Å². The number of fused-ring (bicyclic) bond motifs is 1. The van der Waals surface area contributed by atoms with Crippen LogP contribution in [0, 0.1) is 0 Å². The number of aromatic nitrogens is 4. The van der Waals surface area contributed by atoms with Crippen molar-refractivity contribution in [2.75, 3.05) is 26.2 Å². The van der Waals surface area contributed by atoms with Crippen LogP contribution < -0.4 is 10.9 Å². The van der Waals surface area contributed by atoms with Gasteiger partial charge in [0.25, 0.3) is 5.56 Å². The summed E-state index contributed by atoms with van der Waals surface area (Å²) in [7, 11) is -1.89. The quantitative estimate of drug-likeness (QED) is 0.595. The molecule has 166 valence electrons. The molecule has 0 saturated carbocycles. The van der Waals surface area contributed by atoms with Crippen molar-refractivity contribution in [2.45, 2.75) is 38.0 Å². The number of hydrogen-bond donors (Lipinski definition) is 2. The lowest BCUT2D eigenvalue weighted by Gasteiger charge is -2.27. The van der Waals surface area contributed by atoms with E-state index in [9.17, 15) is 13.2 Å². The van der Waals surface area contributed by atoms with Gasteiger partial charge in [0.2, 0.25) is 10.0 Å². The van der Waals surface area contributed by atoms with E-state index in [4.69, 9.17) is 4.98 Å². The number of aryl methyl sites for hydroxylation is 3. The third-order valence-corrected chi connectivity index (χ3v) is 7.58. The molecule has 0 amide bonds. The molecule has 1 aliphatic rings. The molecule has 3 heterocycles. The maximum atomic E-state index is 13.2. The molecule has 4 rings (SSSR count). The first-order valence-corrected chi connectivity index (χ1v) is 12.1. The zero-order valence-electron chi connectivity index (χ0n) is 18.1. The number of sulfonamides is 1. The zero-order chi connectivity index (χ0) is 22.2. The van der Waals surface area contributed by atoms with E-state index in [1.807, 2.05) is 19.9 Å². The van der Waals surface area contributed by atoms with E-state index in [-0.39, 0.29) is 10.5 Å². The fourth-order valence-corrected chi connectivity index (χ4v) is 5.53. The summed E-state index contributed by atoms with van der Waals surface area (Å²) in [5.74, 6) is 0.372. The van der Waals surface area contributed by atoms with E-state index in [1.165, 1.54) is 4.31 Å². The summed E-state index contributed by atoms with van der Waals surface area (Å²) in [4.78, 5) is 20.6. The van der Waals surface area contributed by atoms with Crippen LogP contribution >= 0.6 is 0 Å². The lowest BCUT2D eigenvalue weighted by Crippen LogP contribution is -2.46. The van der Waals surface area contributed by atoms with Crippen LogP contribution in [0.4, 0.5) is 0 Å². The number of rotatable bonds is 6. The Bertz CT molecular complexity index is 1270. The number of benzene rings is 1. The number of hydrogen-bond acceptors (Lipinski definition) is 6. The highest BCUT2D eigenvalue weighted by Crippen LogP contribution is 2.27. The molecular weight excluding hydrogens is 416 g/mol. The van der Waals surface area contributed by atoms with Crippen LogP contribution in [0.5, 0.6) is 0 Å². The van der Waals surface area contributed by atoms with Crippen molar-refractivity contribution in [3.63, 3.8) is 0 Å². The van der Waals surface area contributed by atoms with Crippen molar-refractivity contribution in [2.24, 2.45) is 7.05 Å². The summed E-state index contributed by atoms with van der Waals surface area (Å²) in [6.07, 6.45) is 2.28. The van der Waals surface area contributed by atoms with Crippen LogP contribution in [0.3, 0.4) is 0 Å². The molecule has 1 fully saturated rings. The molecular formula is C21H28N6O3S. The van der Waals surface area contributed by atoms with Crippen molar-refractivity contribution in [3.05, 3.63) is 39.8 Å². The molecule has 1 saturated heterocycles. The first kappa shape index (κ1) is 21.7. The van der Waals surface area contributed by atoms with Crippen LogP contribution in [0.15, 0.2) is 27.9 Å². The van der Waals surface area contributed by atoms with Gasteiger partial charge in [-0.05, 0) is 30.5 Å². The highest BCUT2D eigenvalue weighted by atomic mass is 32.2. The van der Waals surface area contributed by atoms with Crippen molar-refractivity contribution in [1.82, 2.24) is 29.4 Å². The first-order chi connectivity index (χ1) is 14.9. The predicted octanol–water partition coefficient (Wildman–Crippen LogP) is 1.43. The Morgan fingerprint density at radius 3 is 2.58 bits per heavy atom. The third-order valence-electron chi connectivity index (χ3n) is 5.68. The Morgan fingerprint density at radius 2 is 1.90 bits per heavy atom. The van der Waals surface area contributed by atoms with E-state index in [0.717, 1.165) is 17.7 Å². The topological polar surface area (TPSA) is 113 Å². The van der Waals surface area contributed by atoms with Crippen LogP contribution in [0.2, 0.25) is 0 Å². The Balaban J connectivity index is 1.87. The Labute approximate surface area is 181 Å². The van der Waals surface area contributed by atoms with Gasteiger partial charge in [-0.1, -0.05) is 26.3 Å². The fraction of sp³-hybridized carbons (Fsp3) is 0.476. The van der Waals surface area contributed by atoms with Gasteiger partial charge in [0.15, 0.2) is 5.52 Å². The minimum atomic E-state index is -3.63. The monoisotopic (exact) mass is 444 g/mol. The molecule has 0 atom stereocenters. The van der Waals surface area contributed by atoms with E-state index in [1.54, 1.807) is 23.9 Å². The molecule has 0 bridgehead atoms. The molecule has 1 aromatic carbocycles. The molecule has 0 unspecified atom stereocenters. The first-order valence-electron chi connectivity index (χ1n) is 10.7. The van der Waals surface area contributed by atoms with E-state index in [2.05, 4.69) is 15.4 Å². The normalized spacial score (nSPS) is 15.6. The molecule has 3 aromatic rings. The summed E-state index contributed by atoms with van der Waals surface area (Å²) < 4.78 is 29.4. The van der Waals surface area contributed by atoms with E-state index < -0.39 is 10.0 Å². The molecule has 1 aliphatic heterocycles. The van der Waals surface area contributed by atoms with Gasteiger partial charge < -0.3 is 10.3 Å². The Hall–Kier alpha value is -2.56. The van der Waals surface area contributed by atoms with E-state index in [0.29, 0.717) is 61.4 Å². The van der Waals surface area contributed by atoms with E-state index >= 15 is 0 Å². The second-order valence-electron chi connectivity index (χ2n) is 7.76. The molecule has 0 spiro atoms. The van der Waals surface area contributed by atoms with Crippen molar-refractivity contribution in [3.8, 4) is 11.4 Å². The van der Waals surface area contributed by atoms with Gasteiger partial charge in [-0.2, -0.15) is 9.40 Å². The average Bonchev–Trinajstić information content (AvgIpc) is 3.09. The van der Waals surface area contributed by atoms with Crippen LogP contribution in [0.25, 0.3) is 22.4 Å². The Morgan fingerprint density at radius 1 is 1.16 bits per heavy atom. The van der Waals surface area contributed by atoms with Gasteiger partial charge in [0, 0.05) is 38.8 Å². The minimum Gasteiger partial charge on any atom is -0.314 e. The summed E-state index contributed by atoms with van der Waals surface area (Å²) >= 11 is 0. The predicted molar refractivity (Wildman–Crippen MR) is 120 cm³/mol. The maximum absolute atomic E-state index is 13.2. The van der Waals surface area contributed by atoms with Gasteiger partial charge in [-0.15, -0.1) is 0 Å². The molecule has 0 aliphatic carbocycles. The average molecular weight is 445 g/mol. The molecule has 31 heavy (non-hydrogen) atoms. The van der Waals surface area contributed by atoms with Crippen LogP contribution in [-0.2, 0) is 29.9 Å². The summed E-state index contributed by atoms with van der Waals surface area (Å²) in [6.45, 7) is 6.17. The van der Waals surface area contributed by atoms with Gasteiger partial charge in [0.1, 0.15) is 11.3 Å². The number of nitrogens with one attached hydrogen (secondary N) is 2. The SMILES string of the molecule is CCCc1nn(C)c2c(=O)[nH]c(-c3cc(S(=O)(=O)N4CCNCC4)ccc3CC)nc12. The van der Waals surface area contributed by atoms with Crippen LogP contribution in [0.1, 0.15) is 31.5 Å². The number of aromatic amines is 1. The molecule has 2 N–H and O–H groups in total. The second kappa shape index (κ2) is 8.52. The standard InChI is InChI=1S/C21H28N6O3S/c1-4-6-17-18-19(26(3)25-17)21(28)24-20(23-18)16-13-15(8-7-14(16)5-2)31(29,30)27-11-9-22-10-12-27/h7-8,13,22H,4-6,9-12H2,1-3H3,(H,23,24,28). The van der Waals surface area contributed by atoms with Gasteiger partial charge in [0.05, 0.1) is 10.6 Å². The van der Waals surface area contributed by atoms with Gasteiger partial charge >= 0.3 is 0 Å². The Kier molecular flexibility index (Phi) is 5.96. The summed E-state index contributed by atoms with van der Waals surface area (Å²) in [5, 5.41) is 7.63. The highest BCUT2D eigenvalue weighted by molar-refractivity contribution is 7.89. The number of piperazine rings is 1. The minimum absolute atomic E-state index is 0.212. The third kappa shape index (κ3) is 3.90.